The molecule has 0 spiro atoms. The lowest BCUT2D eigenvalue weighted by Gasteiger charge is -2.15. The van der Waals surface area contributed by atoms with Crippen molar-refractivity contribution in [3.63, 3.8) is 0 Å². The first-order valence-corrected chi connectivity index (χ1v) is 7.05. The number of likely N-dealkylation sites (tertiary alicyclic amines) is 1. The number of anilines is 1. The number of nitrogens with zero attached hydrogens (tertiary/aromatic N) is 3. The Bertz CT molecular complexity index is 479. The summed E-state index contributed by atoms with van der Waals surface area (Å²) in [6.45, 7) is 4.74. The Kier molecular flexibility index (Phi) is 3.18. The van der Waals surface area contributed by atoms with E-state index in [2.05, 4.69) is 15.3 Å². The van der Waals surface area contributed by atoms with E-state index in [9.17, 15) is 4.79 Å². The normalized spacial score (nSPS) is 23.7. The second-order valence-electron chi connectivity index (χ2n) is 5.47. The Hall–Kier alpha value is -1.56. The fourth-order valence-electron chi connectivity index (χ4n) is 2.71. The number of hydrogen-bond acceptors (Lipinski definition) is 4. The van der Waals surface area contributed by atoms with Crippen LogP contribution in [0.3, 0.4) is 0 Å². The van der Waals surface area contributed by atoms with E-state index in [0.29, 0.717) is 11.4 Å². The summed E-state index contributed by atoms with van der Waals surface area (Å²) in [5.41, 5.74) is 6.63. The van der Waals surface area contributed by atoms with Gasteiger partial charge in [-0.2, -0.15) is 5.10 Å². The molecule has 1 aromatic heterocycles. The highest BCUT2D eigenvalue weighted by atomic mass is 16.2. The summed E-state index contributed by atoms with van der Waals surface area (Å²) in [6, 6.07) is 1.01. The van der Waals surface area contributed by atoms with Crippen molar-refractivity contribution in [3.05, 3.63) is 11.9 Å². The van der Waals surface area contributed by atoms with E-state index in [0.717, 1.165) is 32.1 Å². The average Bonchev–Trinajstić information content (AvgIpc) is 3.02. The zero-order chi connectivity index (χ0) is 13.4. The van der Waals surface area contributed by atoms with Crippen LogP contribution in [-0.4, -0.2) is 45.8 Å². The number of aryl methyl sites for hydroxylation is 1. The van der Waals surface area contributed by atoms with Crippen LogP contribution in [0.4, 0.5) is 5.69 Å². The van der Waals surface area contributed by atoms with Gasteiger partial charge in [-0.3, -0.25) is 14.4 Å². The fraction of sp³-hybridized carbons (Fsp3) is 0.692. The summed E-state index contributed by atoms with van der Waals surface area (Å²) in [6.07, 6.45) is 5.36. The van der Waals surface area contributed by atoms with Crippen molar-refractivity contribution >= 4 is 11.6 Å². The van der Waals surface area contributed by atoms with Gasteiger partial charge in [-0.05, 0) is 26.2 Å². The smallest absolute Gasteiger partial charge is 0.274 e. The number of amides is 1. The monoisotopic (exact) mass is 263 g/mol. The molecule has 1 aromatic rings. The van der Waals surface area contributed by atoms with Gasteiger partial charge in [-0.1, -0.05) is 0 Å². The molecule has 2 aliphatic rings. The van der Waals surface area contributed by atoms with E-state index in [4.69, 9.17) is 5.73 Å². The van der Waals surface area contributed by atoms with Crippen molar-refractivity contribution < 1.29 is 4.79 Å². The van der Waals surface area contributed by atoms with E-state index in [-0.39, 0.29) is 11.9 Å². The molecule has 0 bridgehead atoms. The minimum Gasteiger partial charge on any atom is -0.396 e. The lowest BCUT2D eigenvalue weighted by Crippen LogP contribution is -2.38. The second kappa shape index (κ2) is 4.85. The zero-order valence-electron chi connectivity index (χ0n) is 11.3. The van der Waals surface area contributed by atoms with E-state index in [1.807, 2.05) is 6.92 Å². The number of nitrogens with one attached hydrogen (secondary N) is 1. The summed E-state index contributed by atoms with van der Waals surface area (Å²) in [7, 11) is 0. The van der Waals surface area contributed by atoms with Gasteiger partial charge >= 0.3 is 0 Å². The molecule has 1 atom stereocenters. The maximum Gasteiger partial charge on any atom is 0.274 e. The standard InChI is InChI=1S/C13H21N5O/c1-2-18-8-11(14)12(16-18)13(19)15-9-5-6-17(7-9)10-3-4-10/h8-10H,2-7,14H2,1H3,(H,15,19). The lowest BCUT2D eigenvalue weighted by molar-refractivity contribution is 0.0932. The minimum absolute atomic E-state index is 0.146. The first kappa shape index (κ1) is 12.5. The van der Waals surface area contributed by atoms with Gasteiger partial charge in [0.25, 0.3) is 5.91 Å². The molecule has 6 heteroatoms. The van der Waals surface area contributed by atoms with Crippen molar-refractivity contribution in [1.29, 1.82) is 0 Å². The van der Waals surface area contributed by atoms with Gasteiger partial charge in [0.05, 0.1) is 5.69 Å². The molecular weight excluding hydrogens is 242 g/mol. The molecule has 1 unspecified atom stereocenters. The van der Waals surface area contributed by atoms with Crippen LogP contribution in [0.5, 0.6) is 0 Å². The number of hydrogen-bond donors (Lipinski definition) is 2. The van der Waals surface area contributed by atoms with Crippen LogP contribution in [0.2, 0.25) is 0 Å². The first-order chi connectivity index (χ1) is 9.17. The highest BCUT2D eigenvalue weighted by molar-refractivity contribution is 5.97. The van der Waals surface area contributed by atoms with Crippen molar-refractivity contribution in [3.8, 4) is 0 Å². The first-order valence-electron chi connectivity index (χ1n) is 7.05. The SMILES string of the molecule is CCn1cc(N)c(C(=O)NC2CCN(C3CC3)C2)n1. The number of carbonyl (C=O) groups excluding carboxylic acids is 1. The topological polar surface area (TPSA) is 76.2 Å². The van der Waals surface area contributed by atoms with Crippen LogP contribution in [0.15, 0.2) is 6.20 Å². The zero-order valence-corrected chi connectivity index (χ0v) is 11.3. The van der Waals surface area contributed by atoms with Gasteiger partial charge in [-0.15, -0.1) is 0 Å². The van der Waals surface area contributed by atoms with Crippen LogP contribution in [0.1, 0.15) is 36.7 Å². The molecule has 3 rings (SSSR count). The molecule has 3 N–H and O–H groups in total. The third-order valence-corrected chi connectivity index (χ3v) is 3.95. The Morgan fingerprint density at radius 1 is 1.53 bits per heavy atom. The summed E-state index contributed by atoms with van der Waals surface area (Å²) in [5.74, 6) is -0.146. The molecule has 1 aliphatic carbocycles. The van der Waals surface area contributed by atoms with Crippen LogP contribution < -0.4 is 11.1 Å². The fourth-order valence-corrected chi connectivity index (χ4v) is 2.71. The van der Waals surface area contributed by atoms with E-state index < -0.39 is 0 Å². The van der Waals surface area contributed by atoms with Crippen LogP contribution >= 0.6 is 0 Å². The van der Waals surface area contributed by atoms with Crippen LogP contribution in [0, 0.1) is 0 Å². The largest absolute Gasteiger partial charge is 0.396 e. The molecule has 6 nitrogen and oxygen atoms in total. The van der Waals surface area contributed by atoms with Gasteiger partial charge < -0.3 is 11.1 Å². The van der Waals surface area contributed by atoms with E-state index >= 15 is 0 Å². The van der Waals surface area contributed by atoms with Crippen molar-refractivity contribution in [2.45, 2.75) is 44.8 Å². The minimum atomic E-state index is -0.146. The van der Waals surface area contributed by atoms with Crippen molar-refractivity contribution in [2.24, 2.45) is 0 Å². The second-order valence-corrected chi connectivity index (χ2v) is 5.47. The number of nitrogen functional groups attached to an aromatic ring is 1. The molecule has 1 saturated heterocycles. The van der Waals surface area contributed by atoms with Crippen molar-refractivity contribution in [1.82, 2.24) is 20.0 Å². The van der Waals surface area contributed by atoms with Gasteiger partial charge in [-0.25, -0.2) is 0 Å². The van der Waals surface area contributed by atoms with Crippen LogP contribution in [0.25, 0.3) is 0 Å². The number of carbonyl (C=O) groups is 1. The third kappa shape index (κ3) is 2.58. The maximum atomic E-state index is 12.2. The molecule has 1 amide bonds. The molecule has 2 heterocycles. The Morgan fingerprint density at radius 3 is 2.95 bits per heavy atom. The molecule has 19 heavy (non-hydrogen) atoms. The maximum absolute atomic E-state index is 12.2. The lowest BCUT2D eigenvalue weighted by atomic mass is 10.2. The Balaban J connectivity index is 1.59. The van der Waals surface area contributed by atoms with Crippen LogP contribution in [-0.2, 0) is 6.54 Å². The predicted octanol–water partition coefficient (Wildman–Crippen LogP) is 0.452. The highest BCUT2D eigenvalue weighted by Gasteiger charge is 2.35. The molecule has 0 aromatic carbocycles. The molecule has 1 aliphatic heterocycles. The quantitative estimate of drug-likeness (QED) is 0.827. The summed E-state index contributed by atoms with van der Waals surface area (Å²) >= 11 is 0. The van der Waals surface area contributed by atoms with E-state index in [1.54, 1.807) is 10.9 Å². The van der Waals surface area contributed by atoms with Gasteiger partial charge in [0.2, 0.25) is 0 Å². The summed E-state index contributed by atoms with van der Waals surface area (Å²) in [4.78, 5) is 14.6. The summed E-state index contributed by atoms with van der Waals surface area (Å²) < 4.78 is 1.69. The Morgan fingerprint density at radius 2 is 2.32 bits per heavy atom. The molecular formula is C13H21N5O. The average molecular weight is 263 g/mol. The summed E-state index contributed by atoms with van der Waals surface area (Å²) in [5, 5.41) is 7.25. The molecule has 0 radical (unpaired) electrons. The third-order valence-electron chi connectivity index (χ3n) is 3.95. The number of nitrogens with two attached hydrogens (primary N) is 1. The van der Waals surface area contributed by atoms with E-state index in [1.165, 1.54) is 12.8 Å². The number of rotatable bonds is 4. The van der Waals surface area contributed by atoms with Gasteiger partial charge in [0, 0.05) is 37.9 Å². The van der Waals surface area contributed by atoms with Gasteiger partial charge in [0.15, 0.2) is 5.69 Å². The Labute approximate surface area is 112 Å². The number of aromatic nitrogens is 2. The molecule has 1 saturated carbocycles. The predicted molar refractivity (Wildman–Crippen MR) is 72.8 cm³/mol. The highest BCUT2D eigenvalue weighted by Crippen LogP contribution is 2.29. The molecule has 2 fully saturated rings. The molecule has 104 valence electrons. The van der Waals surface area contributed by atoms with Gasteiger partial charge in [0.1, 0.15) is 0 Å². The van der Waals surface area contributed by atoms with Crippen molar-refractivity contribution in [2.75, 3.05) is 18.8 Å².